The predicted octanol–water partition coefficient (Wildman–Crippen LogP) is 2.82. The number of alkyl halides is 1. The summed E-state index contributed by atoms with van der Waals surface area (Å²) in [4.78, 5) is 0. The Morgan fingerprint density at radius 3 is 2.27 bits per heavy atom. The van der Waals surface area contributed by atoms with Gasteiger partial charge >= 0.3 is 0 Å². The largest absolute Gasteiger partial charge is 0.458 e. The molecule has 0 heterocycles. The molecule has 0 amide bonds. The molecule has 0 aliphatic rings. The minimum Gasteiger partial charge on any atom is -0.458 e. The zero-order chi connectivity index (χ0) is 8.91. The van der Waals surface area contributed by atoms with E-state index >= 15 is 0 Å². The molecule has 0 bridgehead atoms. The zero-order valence-corrected chi connectivity index (χ0v) is 10.9. The fourth-order valence-electron chi connectivity index (χ4n) is 1.03. The Balaban J connectivity index is 3.44. The van der Waals surface area contributed by atoms with Crippen LogP contribution in [0.5, 0.6) is 0 Å². The highest BCUT2D eigenvalue weighted by molar-refractivity contribution is 6.77. The van der Waals surface area contributed by atoms with Crippen LogP contribution in [0.15, 0.2) is 0 Å². The molecule has 0 aliphatic carbocycles. The Hall–Kier alpha value is 0.684. The quantitative estimate of drug-likeness (QED) is 0.501. The van der Waals surface area contributed by atoms with Crippen molar-refractivity contribution in [2.45, 2.75) is 38.7 Å². The normalized spacial score (nSPS) is 15.0. The van der Waals surface area contributed by atoms with Gasteiger partial charge in [-0.05, 0) is 38.7 Å². The molecule has 0 aliphatic heterocycles. The van der Waals surface area contributed by atoms with Crippen molar-refractivity contribution in [2.75, 3.05) is 5.88 Å². The minimum atomic E-state index is -1.25. The van der Waals surface area contributed by atoms with Crippen molar-refractivity contribution in [3.05, 3.63) is 0 Å². The van der Waals surface area contributed by atoms with Crippen LogP contribution in [0, 0.1) is 0 Å². The first kappa shape index (κ1) is 11.7. The second-order valence-electron chi connectivity index (χ2n) is 3.87. The van der Waals surface area contributed by atoms with E-state index in [-0.39, 0.29) is 0 Å². The molecule has 0 saturated heterocycles. The molecule has 0 radical (unpaired) electrons. The molecular formula is C7H19ClOSi2. The van der Waals surface area contributed by atoms with Gasteiger partial charge in [0.2, 0.25) is 0 Å². The Kier molecular flexibility index (Phi) is 5.68. The third-order valence-electron chi connectivity index (χ3n) is 1.30. The molecule has 0 aromatic carbocycles. The van der Waals surface area contributed by atoms with E-state index < -0.39 is 17.4 Å². The predicted molar refractivity (Wildman–Crippen MR) is 57.6 cm³/mol. The van der Waals surface area contributed by atoms with E-state index in [2.05, 4.69) is 26.2 Å². The fraction of sp³-hybridized carbons (Fsp3) is 1.00. The second kappa shape index (κ2) is 5.35. The Bertz CT molecular complexity index is 103. The number of halogens is 1. The van der Waals surface area contributed by atoms with Crippen molar-refractivity contribution in [3.63, 3.8) is 0 Å². The van der Waals surface area contributed by atoms with Crippen LogP contribution in [0.1, 0.15) is 6.42 Å². The van der Waals surface area contributed by atoms with Gasteiger partial charge in [0.15, 0.2) is 17.4 Å². The summed E-state index contributed by atoms with van der Waals surface area (Å²) in [6, 6.07) is 1.23. The molecule has 4 heteroatoms. The molecule has 0 aromatic rings. The maximum Gasteiger partial charge on any atom is 0.170 e. The summed E-state index contributed by atoms with van der Waals surface area (Å²) in [5.41, 5.74) is 0. The molecule has 68 valence electrons. The van der Waals surface area contributed by atoms with Crippen LogP contribution in [0.3, 0.4) is 0 Å². The molecule has 1 nitrogen and oxygen atoms in total. The maximum atomic E-state index is 5.96. The van der Waals surface area contributed by atoms with E-state index in [1.54, 1.807) is 0 Å². The summed E-state index contributed by atoms with van der Waals surface area (Å²) in [6.07, 6.45) is 1.12. The molecule has 0 aromatic heterocycles. The lowest BCUT2D eigenvalue weighted by Crippen LogP contribution is -2.32. The summed E-state index contributed by atoms with van der Waals surface area (Å²) in [5.74, 6) is 0.784. The van der Waals surface area contributed by atoms with Gasteiger partial charge in [-0.2, -0.15) is 0 Å². The van der Waals surface area contributed by atoms with Gasteiger partial charge in [-0.15, -0.1) is 11.6 Å². The number of rotatable bonds is 5. The van der Waals surface area contributed by atoms with Gasteiger partial charge in [-0.1, -0.05) is 0 Å². The third kappa shape index (κ3) is 8.59. The molecule has 0 rings (SSSR count). The van der Waals surface area contributed by atoms with Gasteiger partial charge in [0, 0.05) is 5.88 Å². The summed E-state index contributed by atoms with van der Waals surface area (Å²) in [6.45, 7) is 9.01. The van der Waals surface area contributed by atoms with Gasteiger partial charge in [0.05, 0.1) is 0 Å². The monoisotopic (exact) mass is 210 g/mol. The summed E-state index contributed by atoms with van der Waals surface area (Å²) in [5, 5.41) is 0. The molecule has 0 spiro atoms. The van der Waals surface area contributed by atoms with E-state index in [1.807, 2.05) is 0 Å². The number of hydrogen-bond donors (Lipinski definition) is 0. The zero-order valence-electron chi connectivity index (χ0n) is 7.98. The van der Waals surface area contributed by atoms with Gasteiger partial charge in [0.1, 0.15) is 0 Å². The van der Waals surface area contributed by atoms with E-state index in [1.165, 1.54) is 6.04 Å². The van der Waals surface area contributed by atoms with Gasteiger partial charge in [-0.3, -0.25) is 0 Å². The van der Waals surface area contributed by atoms with Gasteiger partial charge in [0.25, 0.3) is 0 Å². The third-order valence-corrected chi connectivity index (χ3v) is 7.23. The second-order valence-corrected chi connectivity index (χ2v) is 11.6. The van der Waals surface area contributed by atoms with Crippen molar-refractivity contribution in [3.8, 4) is 0 Å². The van der Waals surface area contributed by atoms with Gasteiger partial charge < -0.3 is 4.12 Å². The van der Waals surface area contributed by atoms with E-state index in [0.29, 0.717) is 0 Å². The van der Waals surface area contributed by atoms with Crippen molar-refractivity contribution in [2.24, 2.45) is 0 Å². The minimum absolute atomic E-state index is 0.784. The van der Waals surface area contributed by atoms with Crippen LogP contribution in [0.4, 0.5) is 0 Å². The molecule has 0 fully saturated rings. The van der Waals surface area contributed by atoms with Crippen LogP contribution < -0.4 is 0 Å². The summed E-state index contributed by atoms with van der Waals surface area (Å²) < 4.78 is 5.96. The highest BCUT2D eigenvalue weighted by Crippen LogP contribution is 2.09. The first-order chi connectivity index (χ1) is 4.95. The smallest absolute Gasteiger partial charge is 0.170 e. The maximum absolute atomic E-state index is 5.96. The lowest BCUT2D eigenvalue weighted by molar-refractivity contribution is 0.571. The van der Waals surface area contributed by atoms with Crippen molar-refractivity contribution >= 4 is 29.0 Å². The highest BCUT2D eigenvalue weighted by atomic mass is 35.5. The van der Waals surface area contributed by atoms with Crippen molar-refractivity contribution in [1.82, 2.24) is 0 Å². The Morgan fingerprint density at radius 1 is 1.36 bits per heavy atom. The Labute approximate surface area is 78.0 Å². The van der Waals surface area contributed by atoms with Crippen LogP contribution >= 0.6 is 11.6 Å². The summed E-state index contributed by atoms with van der Waals surface area (Å²) in [7, 11) is -2.12. The number of hydrogen-bond acceptors (Lipinski definition) is 1. The molecule has 1 atom stereocenters. The summed E-state index contributed by atoms with van der Waals surface area (Å²) >= 11 is 5.59. The topological polar surface area (TPSA) is 9.23 Å². The van der Waals surface area contributed by atoms with E-state index in [9.17, 15) is 0 Å². The standard InChI is InChI=1S/C7H19ClOSi2/c1-10(7-5-6-8)9-11(2,3)4/h10H,5-7H2,1-4H3. The molecular weight excluding hydrogens is 192 g/mol. The first-order valence-corrected chi connectivity index (χ1v) is 10.6. The molecule has 1 unspecified atom stereocenters. The van der Waals surface area contributed by atoms with Crippen molar-refractivity contribution in [1.29, 1.82) is 0 Å². The molecule has 0 N–H and O–H groups in total. The lowest BCUT2D eigenvalue weighted by Gasteiger charge is -2.22. The van der Waals surface area contributed by atoms with Crippen LogP contribution in [0.25, 0.3) is 0 Å². The van der Waals surface area contributed by atoms with E-state index in [0.717, 1.165) is 12.3 Å². The Morgan fingerprint density at radius 2 is 1.91 bits per heavy atom. The van der Waals surface area contributed by atoms with Crippen molar-refractivity contribution < 1.29 is 4.12 Å². The molecule has 11 heavy (non-hydrogen) atoms. The van der Waals surface area contributed by atoms with Crippen LogP contribution in [-0.4, -0.2) is 23.2 Å². The lowest BCUT2D eigenvalue weighted by atomic mass is 10.6. The van der Waals surface area contributed by atoms with Crippen LogP contribution in [-0.2, 0) is 4.12 Å². The fourth-order valence-corrected chi connectivity index (χ4v) is 7.52. The average molecular weight is 211 g/mol. The average Bonchev–Trinajstić information content (AvgIpc) is 1.79. The highest BCUT2D eigenvalue weighted by Gasteiger charge is 2.17. The van der Waals surface area contributed by atoms with E-state index in [4.69, 9.17) is 15.7 Å². The van der Waals surface area contributed by atoms with Crippen LogP contribution in [0.2, 0.25) is 32.2 Å². The first-order valence-electron chi connectivity index (χ1n) is 4.19. The van der Waals surface area contributed by atoms with Gasteiger partial charge in [-0.25, -0.2) is 0 Å². The molecule has 0 saturated carbocycles. The SMILES string of the molecule is C[SiH](CCCCl)O[Si](C)(C)C.